The molecule has 1 N–H and O–H groups in total. The molecule has 1 aliphatic rings. The molecule has 1 aromatic carbocycles. The lowest BCUT2D eigenvalue weighted by atomic mass is 10.2. The number of thiophene rings is 1. The van der Waals surface area contributed by atoms with Gasteiger partial charge in [-0.15, -0.1) is 23.1 Å². The quantitative estimate of drug-likeness (QED) is 0.808. The summed E-state index contributed by atoms with van der Waals surface area (Å²) in [5.41, 5.74) is 0.782. The number of nitrogens with one attached hydrogen (secondary N) is 1. The van der Waals surface area contributed by atoms with Gasteiger partial charge in [0.2, 0.25) is 15.9 Å². The zero-order chi connectivity index (χ0) is 18.9. The van der Waals surface area contributed by atoms with E-state index in [1.807, 2.05) is 31.4 Å². The van der Waals surface area contributed by atoms with Gasteiger partial charge in [-0.1, -0.05) is 19.9 Å². The fourth-order valence-corrected chi connectivity index (χ4v) is 6.46. The lowest BCUT2D eigenvalue weighted by Gasteiger charge is -2.32. The minimum Gasteiger partial charge on any atom is -0.310 e. The fraction of sp³-hybridized carbons (Fsp3) is 0.389. The molecule has 2 atom stereocenters. The van der Waals surface area contributed by atoms with Crippen molar-refractivity contribution in [2.45, 2.75) is 48.3 Å². The van der Waals surface area contributed by atoms with Crippen molar-refractivity contribution in [3.8, 4) is 0 Å². The molecule has 8 heteroatoms. The lowest BCUT2D eigenvalue weighted by molar-refractivity contribution is -0.116. The molecule has 0 bridgehead atoms. The summed E-state index contributed by atoms with van der Waals surface area (Å²) < 4.78 is 28.6. The molecule has 1 aromatic heterocycles. The zero-order valence-electron chi connectivity index (χ0n) is 14.9. The number of carbonyl (C=O) groups excluding carboxylic acids is 1. The molecule has 0 fully saturated rings. The maximum absolute atomic E-state index is 12.9. The predicted molar refractivity (Wildman–Crippen MR) is 107 cm³/mol. The molecule has 140 valence electrons. The van der Waals surface area contributed by atoms with Crippen LogP contribution in [0.2, 0.25) is 0 Å². The van der Waals surface area contributed by atoms with E-state index in [1.165, 1.54) is 6.92 Å². The Morgan fingerprint density at radius 2 is 2.15 bits per heavy atom. The zero-order valence-corrected chi connectivity index (χ0v) is 17.4. The number of rotatable bonds is 5. The molecule has 3 rings (SSSR count). The third-order valence-corrected chi connectivity index (χ3v) is 7.86. The van der Waals surface area contributed by atoms with Crippen molar-refractivity contribution in [3.05, 3.63) is 40.6 Å². The van der Waals surface area contributed by atoms with Crippen LogP contribution in [0.15, 0.2) is 45.5 Å². The standard InChI is InChI=1S/C18H22N2O3S3/c1-4-15(17-6-5-9-24-17)19-26(22,23)14-7-8-16-18(10-14)25-12(2)11-20(16)13(3)21/h5-10,12,15,19H,4,11H2,1-3H3. The van der Waals surface area contributed by atoms with Crippen LogP contribution < -0.4 is 9.62 Å². The highest BCUT2D eigenvalue weighted by Crippen LogP contribution is 2.40. The number of hydrogen-bond acceptors (Lipinski definition) is 5. The molecule has 2 unspecified atom stereocenters. The van der Waals surface area contributed by atoms with E-state index >= 15 is 0 Å². The number of thioether (sulfide) groups is 1. The van der Waals surface area contributed by atoms with Crippen LogP contribution in [0.3, 0.4) is 0 Å². The Morgan fingerprint density at radius 1 is 1.38 bits per heavy atom. The van der Waals surface area contributed by atoms with E-state index in [9.17, 15) is 13.2 Å². The third-order valence-electron chi connectivity index (χ3n) is 4.27. The summed E-state index contributed by atoms with van der Waals surface area (Å²) in [4.78, 5) is 15.7. The van der Waals surface area contributed by atoms with Crippen LogP contribution in [0.1, 0.15) is 38.1 Å². The molecule has 2 aromatic rings. The van der Waals surface area contributed by atoms with Gasteiger partial charge in [0.25, 0.3) is 0 Å². The van der Waals surface area contributed by atoms with Gasteiger partial charge in [-0.25, -0.2) is 13.1 Å². The summed E-state index contributed by atoms with van der Waals surface area (Å²) in [7, 11) is -3.65. The summed E-state index contributed by atoms with van der Waals surface area (Å²) in [5, 5.41) is 2.16. The van der Waals surface area contributed by atoms with Crippen molar-refractivity contribution in [2.24, 2.45) is 0 Å². The van der Waals surface area contributed by atoms with E-state index in [2.05, 4.69) is 4.72 Å². The average Bonchev–Trinajstić information content (AvgIpc) is 3.12. The second-order valence-electron chi connectivity index (χ2n) is 6.29. The Kier molecular flexibility index (Phi) is 5.76. The number of fused-ring (bicyclic) bond motifs is 1. The van der Waals surface area contributed by atoms with Crippen molar-refractivity contribution < 1.29 is 13.2 Å². The molecule has 0 saturated heterocycles. The molecule has 1 aliphatic heterocycles. The average molecular weight is 411 g/mol. The second-order valence-corrected chi connectivity index (χ2v) is 10.5. The Bertz CT molecular complexity index is 894. The van der Waals surface area contributed by atoms with Crippen molar-refractivity contribution >= 4 is 44.7 Å². The summed E-state index contributed by atoms with van der Waals surface area (Å²) in [5.74, 6) is -0.0316. The highest BCUT2D eigenvalue weighted by molar-refractivity contribution is 8.00. The minimum absolute atomic E-state index is 0.0316. The largest absolute Gasteiger partial charge is 0.310 e. The molecular formula is C18H22N2O3S3. The smallest absolute Gasteiger partial charge is 0.241 e. The Labute approximate surface area is 162 Å². The van der Waals surface area contributed by atoms with Gasteiger partial charge < -0.3 is 4.90 Å². The van der Waals surface area contributed by atoms with Crippen LogP contribution in [0.25, 0.3) is 0 Å². The van der Waals surface area contributed by atoms with Crippen molar-refractivity contribution in [1.29, 1.82) is 0 Å². The lowest BCUT2D eigenvalue weighted by Crippen LogP contribution is -2.37. The van der Waals surface area contributed by atoms with E-state index in [0.29, 0.717) is 13.0 Å². The van der Waals surface area contributed by atoms with Gasteiger partial charge in [0.15, 0.2) is 0 Å². The van der Waals surface area contributed by atoms with Gasteiger partial charge in [-0.3, -0.25) is 4.79 Å². The molecule has 2 heterocycles. The molecule has 0 spiro atoms. The number of carbonyl (C=O) groups is 1. The second kappa shape index (κ2) is 7.72. The number of amides is 1. The third kappa shape index (κ3) is 3.98. The van der Waals surface area contributed by atoms with Crippen LogP contribution in [-0.2, 0) is 14.8 Å². The van der Waals surface area contributed by atoms with E-state index in [-0.39, 0.29) is 22.1 Å². The number of benzene rings is 1. The first-order chi connectivity index (χ1) is 12.3. The first-order valence-corrected chi connectivity index (χ1v) is 11.7. The number of sulfonamides is 1. The van der Waals surface area contributed by atoms with Gasteiger partial charge in [0.05, 0.1) is 16.6 Å². The van der Waals surface area contributed by atoms with Gasteiger partial charge >= 0.3 is 0 Å². The molecule has 0 aliphatic carbocycles. The number of anilines is 1. The van der Waals surface area contributed by atoms with Crippen molar-refractivity contribution in [3.63, 3.8) is 0 Å². The van der Waals surface area contributed by atoms with Gasteiger partial charge in [-0.2, -0.15) is 0 Å². The number of hydrogen-bond donors (Lipinski definition) is 1. The Hall–Kier alpha value is -1.35. The van der Waals surface area contributed by atoms with Crippen LogP contribution in [0.5, 0.6) is 0 Å². The molecule has 0 radical (unpaired) electrons. The molecule has 1 amide bonds. The Morgan fingerprint density at radius 3 is 2.77 bits per heavy atom. The maximum atomic E-state index is 12.9. The molecular weight excluding hydrogens is 388 g/mol. The van der Waals surface area contributed by atoms with Crippen LogP contribution in [0, 0.1) is 0 Å². The molecule has 0 saturated carbocycles. The van der Waals surface area contributed by atoms with Gasteiger partial charge in [-0.05, 0) is 36.1 Å². The monoisotopic (exact) mass is 410 g/mol. The maximum Gasteiger partial charge on any atom is 0.241 e. The van der Waals surface area contributed by atoms with Crippen LogP contribution in [-0.4, -0.2) is 26.1 Å². The summed E-state index contributed by atoms with van der Waals surface area (Å²) >= 11 is 3.14. The normalized spacial score (nSPS) is 18.4. The van der Waals surface area contributed by atoms with Crippen LogP contribution in [0.4, 0.5) is 5.69 Å². The predicted octanol–water partition coefficient (Wildman–Crippen LogP) is 4.02. The van der Waals surface area contributed by atoms with E-state index in [0.717, 1.165) is 15.5 Å². The van der Waals surface area contributed by atoms with Crippen LogP contribution >= 0.6 is 23.1 Å². The summed E-state index contributed by atoms with van der Waals surface area (Å²) in [6.07, 6.45) is 0.675. The highest BCUT2D eigenvalue weighted by atomic mass is 32.2. The van der Waals surface area contributed by atoms with E-state index < -0.39 is 10.0 Å². The van der Waals surface area contributed by atoms with Crippen molar-refractivity contribution in [1.82, 2.24) is 4.72 Å². The highest BCUT2D eigenvalue weighted by Gasteiger charge is 2.28. The Balaban J connectivity index is 1.92. The van der Waals surface area contributed by atoms with Gasteiger partial charge in [0.1, 0.15) is 0 Å². The van der Waals surface area contributed by atoms with E-state index in [4.69, 9.17) is 0 Å². The van der Waals surface area contributed by atoms with E-state index in [1.54, 1.807) is 46.2 Å². The molecule has 5 nitrogen and oxygen atoms in total. The topological polar surface area (TPSA) is 66.5 Å². The first kappa shape index (κ1) is 19.4. The fourth-order valence-electron chi connectivity index (χ4n) is 2.97. The number of nitrogens with zero attached hydrogens (tertiary/aromatic N) is 1. The SMILES string of the molecule is CCC(NS(=O)(=O)c1ccc2c(c1)SC(C)CN2C(C)=O)c1cccs1. The first-order valence-electron chi connectivity index (χ1n) is 8.46. The minimum atomic E-state index is -3.65. The summed E-state index contributed by atoms with van der Waals surface area (Å²) in [6, 6.07) is 8.61. The summed E-state index contributed by atoms with van der Waals surface area (Å²) in [6.45, 7) is 6.16. The van der Waals surface area contributed by atoms with Crippen molar-refractivity contribution in [2.75, 3.05) is 11.4 Å². The van der Waals surface area contributed by atoms with Gasteiger partial charge in [0, 0.05) is 28.5 Å². The molecule has 26 heavy (non-hydrogen) atoms.